The van der Waals surface area contributed by atoms with E-state index in [-0.39, 0.29) is 6.04 Å². The number of rotatable bonds is 2. The van der Waals surface area contributed by atoms with E-state index >= 15 is 0 Å². The molecule has 0 saturated carbocycles. The summed E-state index contributed by atoms with van der Waals surface area (Å²) in [4.78, 5) is 4.45. The number of amidine groups is 1. The van der Waals surface area contributed by atoms with Crippen LogP contribution in [0.1, 0.15) is 18.5 Å². The summed E-state index contributed by atoms with van der Waals surface area (Å²) in [6.07, 6.45) is 0. The third-order valence-corrected chi connectivity index (χ3v) is 2.58. The molecule has 0 aliphatic carbocycles. The lowest BCUT2D eigenvalue weighted by Crippen LogP contribution is -2.28. The third-order valence-electron chi connectivity index (χ3n) is 2.58. The minimum atomic E-state index is -0.280. The predicted octanol–water partition coefficient (Wildman–Crippen LogP) is 2.13. The third kappa shape index (κ3) is 2.13. The van der Waals surface area contributed by atoms with Crippen LogP contribution in [0.3, 0.4) is 0 Å². The van der Waals surface area contributed by atoms with Crippen molar-refractivity contribution in [2.75, 3.05) is 7.11 Å². The summed E-state index contributed by atoms with van der Waals surface area (Å²) < 4.78 is 5.18. The quantitative estimate of drug-likeness (QED) is 0.842. The highest BCUT2D eigenvalue weighted by Gasteiger charge is 2.25. The highest BCUT2D eigenvalue weighted by molar-refractivity contribution is 5.83. The molecular formula is C13H13N3O. The van der Waals surface area contributed by atoms with Crippen LogP contribution in [-0.4, -0.2) is 12.9 Å². The average Bonchev–Trinajstić information content (AvgIpc) is 2.38. The van der Waals surface area contributed by atoms with E-state index < -0.39 is 0 Å². The van der Waals surface area contributed by atoms with Gasteiger partial charge in [-0.25, -0.2) is 0 Å². The van der Waals surface area contributed by atoms with Crippen molar-refractivity contribution < 1.29 is 4.74 Å². The van der Waals surface area contributed by atoms with Gasteiger partial charge in [-0.2, -0.15) is 5.26 Å². The van der Waals surface area contributed by atoms with Crippen LogP contribution in [0.2, 0.25) is 0 Å². The van der Waals surface area contributed by atoms with Crippen LogP contribution in [0.15, 0.2) is 46.8 Å². The fourth-order valence-electron chi connectivity index (χ4n) is 1.80. The number of hydrogen-bond donors (Lipinski definition) is 1. The Morgan fingerprint density at radius 1 is 1.35 bits per heavy atom. The largest absolute Gasteiger partial charge is 0.481 e. The molecule has 0 bridgehead atoms. The second-order valence-corrected chi connectivity index (χ2v) is 3.71. The first-order valence-corrected chi connectivity index (χ1v) is 5.31. The van der Waals surface area contributed by atoms with Crippen molar-refractivity contribution in [3.8, 4) is 6.07 Å². The standard InChI is InChI=1S/C13H13N3O/c1-9-15-12(10-6-4-3-5-7-10)11(8-14)13(16-9)17-2/h3-7,12H,1-2H3,(H,15,16). The summed E-state index contributed by atoms with van der Waals surface area (Å²) in [5.41, 5.74) is 1.49. The highest BCUT2D eigenvalue weighted by Crippen LogP contribution is 2.29. The molecule has 0 radical (unpaired) electrons. The number of nitrogens with zero attached hydrogens (tertiary/aromatic N) is 2. The number of ether oxygens (including phenoxy) is 1. The van der Waals surface area contributed by atoms with Gasteiger partial charge < -0.3 is 10.1 Å². The van der Waals surface area contributed by atoms with E-state index in [0.717, 1.165) is 11.4 Å². The van der Waals surface area contributed by atoms with Crippen LogP contribution in [0.25, 0.3) is 0 Å². The summed E-state index contributed by atoms with van der Waals surface area (Å²) in [6, 6.07) is 11.6. The topological polar surface area (TPSA) is 57.4 Å². The maximum absolute atomic E-state index is 9.21. The van der Waals surface area contributed by atoms with Gasteiger partial charge in [0, 0.05) is 0 Å². The van der Waals surface area contributed by atoms with E-state index in [1.807, 2.05) is 37.3 Å². The summed E-state index contributed by atoms with van der Waals surface area (Å²) in [6.45, 7) is 1.85. The Kier molecular flexibility index (Phi) is 3.10. The number of aliphatic imine (C=N–C) groups is 1. The SMILES string of the molecule is COC1=C(C#N)C(c2ccccc2)N=C(C)N1. The Bertz CT molecular complexity index is 511. The van der Waals surface area contributed by atoms with Gasteiger partial charge >= 0.3 is 0 Å². The van der Waals surface area contributed by atoms with Crippen LogP contribution in [0, 0.1) is 11.3 Å². The number of nitriles is 1. The molecule has 0 aromatic heterocycles. The Labute approximate surface area is 100 Å². The molecule has 0 amide bonds. The summed E-state index contributed by atoms with van der Waals surface area (Å²) >= 11 is 0. The predicted molar refractivity (Wildman–Crippen MR) is 65.1 cm³/mol. The minimum absolute atomic E-state index is 0.280. The van der Waals surface area contributed by atoms with Gasteiger partial charge in [0.1, 0.15) is 23.5 Å². The van der Waals surface area contributed by atoms with E-state index in [2.05, 4.69) is 16.4 Å². The van der Waals surface area contributed by atoms with Crippen molar-refractivity contribution in [3.05, 3.63) is 47.4 Å². The Balaban J connectivity index is 2.48. The van der Waals surface area contributed by atoms with Crippen LogP contribution < -0.4 is 5.32 Å². The lowest BCUT2D eigenvalue weighted by Gasteiger charge is -2.22. The number of hydrogen-bond acceptors (Lipinski definition) is 4. The second-order valence-electron chi connectivity index (χ2n) is 3.71. The molecule has 0 spiro atoms. The average molecular weight is 227 g/mol. The van der Waals surface area contributed by atoms with Crippen molar-refractivity contribution in [1.29, 1.82) is 5.26 Å². The molecule has 1 N–H and O–H groups in total. The lowest BCUT2D eigenvalue weighted by molar-refractivity contribution is 0.267. The zero-order valence-electron chi connectivity index (χ0n) is 9.77. The monoisotopic (exact) mass is 227 g/mol. The van der Waals surface area contributed by atoms with Gasteiger partial charge in [0.2, 0.25) is 5.88 Å². The fourth-order valence-corrected chi connectivity index (χ4v) is 1.80. The normalized spacial score (nSPS) is 19.1. The van der Waals surface area contributed by atoms with E-state index in [1.54, 1.807) is 7.11 Å². The first-order valence-electron chi connectivity index (χ1n) is 5.31. The molecular weight excluding hydrogens is 214 g/mol. The van der Waals surface area contributed by atoms with Gasteiger partial charge in [0.25, 0.3) is 0 Å². The molecule has 1 heterocycles. The van der Waals surface area contributed by atoms with E-state index in [9.17, 15) is 5.26 Å². The minimum Gasteiger partial charge on any atom is -0.481 e. The van der Waals surface area contributed by atoms with Crippen LogP contribution in [-0.2, 0) is 4.74 Å². The van der Waals surface area contributed by atoms with Crippen molar-refractivity contribution >= 4 is 5.84 Å². The zero-order chi connectivity index (χ0) is 12.3. The van der Waals surface area contributed by atoms with Crippen LogP contribution in [0.5, 0.6) is 0 Å². The molecule has 1 atom stereocenters. The van der Waals surface area contributed by atoms with E-state index in [0.29, 0.717) is 11.5 Å². The zero-order valence-corrected chi connectivity index (χ0v) is 9.77. The molecule has 1 aliphatic rings. The summed E-state index contributed by atoms with van der Waals surface area (Å²) in [7, 11) is 1.54. The molecule has 1 aliphatic heterocycles. The van der Waals surface area contributed by atoms with Crippen molar-refractivity contribution in [3.63, 3.8) is 0 Å². The number of benzene rings is 1. The van der Waals surface area contributed by atoms with Gasteiger partial charge in [-0.3, -0.25) is 4.99 Å². The van der Waals surface area contributed by atoms with Crippen molar-refractivity contribution in [1.82, 2.24) is 5.32 Å². The van der Waals surface area contributed by atoms with Gasteiger partial charge in [-0.05, 0) is 12.5 Å². The molecule has 2 rings (SSSR count). The lowest BCUT2D eigenvalue weighted by atomic mass is 9.99. The van der Waals surface area contributed by atoms with E-state index in [4.69, 9.17) is 4.74 Å². The van der Waals surface area contributed by atoms with Crippen LogP contribution >= 0.6 is 0 Å². The Hall–Kier alpha value is -2.28. The molecule has 1 unspecified atom stereocenters. The smallest absolute Gasteiger partial charge is 0.208 e. The molecule has 4 heteroatoms. The Morgan fingerprint density at radius 3 is 2.65 bits per heavy atom. The first kappa shape index (κ1) is 11.2. The van der Waals surface area contributed by atoms with Gasteiger partial charge in [0.05, 0.1) is 7.11 Å². The number of nitrogens with one attached hydrogen (secondary N) is 1. The second kappa shape index (κ2) is 4.71. The van der Waals surface area contributed by atoms with E-state index in [1.165, 1.54) is 0 Å². The van der Waals surface area contributed by atoms with Gasteiger partial charge in [-0.15, -0.1) is 0 Å². The highest BCUT2D eigenvalue weighted by atomic mass is 16.5. The maximum Gasteiger partial charge on any atom is 0.208 e. The fraction of sp³-hybridized carbons (Fsp3) is 0.231. The summed E-state index contributed by atoms with van der Waals surface area (Å²) in [5.74, 6) is 1.23. The van der Waals surface area contributed by atoms with Crippen molar-refractivity contribution in [2.24, 2.45) is 4.99 Å². The molecule has 17 heavy (non-hydrogen) atoms. The molecule has 1 aromatic rings. The van der Waals surface area contributed by atoms with Gasteiger partial charge in [0.15, 0.2) is 0 Å². The van der Waals surface area contributed by atoms with Gasteiger partial charge in [-0.1, -0.05) is 30.3 Å². The van der Waals surface area contributed by atoms with Crippen molar-refractivity contribution in [2.45, 2.75) is 13.0 Å². The molecule has 4 nitrogen and oxygen atoms in total. The summed E-state index contributed by atoms with van der Waals surface area (Å²) in [5, 5.41) is 12.2. The first-order chi connectivity index (χ1) is 8.26. The molecule has 0 fully saturated rings. The molecule has 0 saturated heterocycles. The maximum atomic E-state index is 9.21. The number of methoxy groups -OCH3 is 1. The Morgan fingerprint density at radius 2 is 2.06 bits per heavy atom. The van der Waals surface area contributed by atoms with Crippen LogP contribution in [0.4, 0.5) is 0 Å². The molecule has 1 aromatic carbocycles. The molecule has 86 valence electrons.